The number of carbonyl (C=O) groups is 2. The lowest BCUT2D eigenvalue weighted by molar-refractivity contribution is 0.0550. The number of likely N-dealkylation sites (tertiary alicyclic amines) is 1. The van der Waals surface area contributed by atoms with Crippen molar-refractivity contribution in [2.45, 2.75) is 18.9 Å². The van der Waals surface area contributed by atoms with Gasteiger partial charge in [0.25, 0.3) is 5.91 Å². The van der Waals surface area contributed by atoms with E-state index in [1.54, 1.807) is 16.8 Å². The van der Waals surface area contributed by atoms with Crippen LogP contribution < -0.4 is 0 Å². The van der Waals surface area contributed by atoms with Gasteiger partial charge in [0.05, 0.1) is 19.4 Å². The lowest BCUT2D eigenvalue weighted by Crippen LogP contribution is -2.39. The van der Waals surface area contributed by atoms with Gasteiger partial charge in [0.1, 0.15) is 5.69 Å². The molecule has 0 radical (unpaired) electrons. The van der Waals surface area contributed by atoms with Crippen LogP contribution in [0.2, 0.25) is 0 Å². The molecule has 2 aliphatic rings. The van der Waals surface area contributed by atoms with Crippen molar-refractivity contribution in [2.24, 2.45) is 0 Å². The Kier molecular flexibility index (Phi) is 2.51. The van der Waals surface area contributed by atoms with E-state index < -0.39 is 5.60 Å². The number of rotatable bonds is 1. The van der Waals surface area contributed by atoms with Crippen LogP contribution in [-0.2, 0) is 4.74 Å². The summed E-state index contributed by atoms with van der Waals surface area (Å²) in [5.41, 5.74) is 0.660. The summed E-state index contributed by atoms with van der Waals surface area (Å²) < 4.78 is 5.41. The molecule has 0 aromatic carbocycles. The van der Waals surface area contributed by atoms with Crippen molar-refractivity contribution >= 4 is 12.0 Å². The number of nitrogens with zero attached hydrogens (tertiary/aromatic N) is 3. The number of amides is 2. The lowest BCUT2D eigenvalue weighted by Gasteiger charge is -2.21. The number of aromatic nitrogens is 2. The average Bonchev–Trinajstić information content (AvgIpc) is 3.01. The van der Waals surface area contributed by atoms with Crippen LogP contribution in [0, 0.1) is 6.92 Å². The van der Waals surface area contributed by atoms with Crippen LogP contribution in [0.25, 0.3) is 0 Å². The van der Waals surface area contributed by atoms with E-state index in [4.69, 9.17) is 4.74 Å². The Labute approximate surface area is 110 Å². The van der Waals surface area contributed by atoms with Crippen molar-refractivity contribution in [1.29, 1.82) is 0 Å². The topological polar surface area (TPSA) is 78.5 Å². The molecule has 3 heterocycles. The zero-order chi connectivity index (χ0) is 13.6. The number of hydrogen-bond donors (Lipinski definition) is 1. The molecule has 0 bridgehead atoms. The highest BCUT2D eigenvalue weighted by atomic mass is 16.6. The molecule has 2 aliphatic heterocycles. The molecule has 7 heteroatoms. The SMILES string of the molecule is Cc1[nH]cnc1C(=O)N1CCC2(CN(C)C(=O)O2)C1. The fourth-order valence-corrected chi connectivity index (χ4v) is 2.75. The van der Waals surface area contributed by atoms with Crippen molar-refractivity contribution in [3.8, 4) is 0 Å². The van der Waals surface area contributed by atoms with Gasteiger partial charge in [-0.05, 0) is 6.92 Å². The van der Waals surface area contributed by atoms with E-state index in [0.717, 1.165) is 5.69 Å². The molecule has 1 aromatic rings. The summed E-state index contributed by atoms with van der Waals surface area (Å²) in [6, 6.07) is 0. The van der Waals surface area contributed by atoms with Gasteiger partial charge < -0.3 is 19.5 Å². The second kappa shape index (κ2) is 3.97. The van der Waals surface area contributed by atoms with Gasteiger partial charge in [-0.3, -0.25) is 4.79 Å². The normalized spacial score (nSPS) is 26.3. The van der Waals surface area contributed by atoms with Gasteiger partial charge in [-0.25, -0.2) is 9.78 Å². The minimum Gasteiger partial charge on any atom is -0.439 e. The summed E-state index contributed by atoms with van der Waals surface area (Å²) in [5, 5.41) is 0. The molecule has 3 rings (SSSR count). The standard InChI is InChI=1S/C12H16N4O3/c1-8-9(14-7-13-8)10(17)16-4-3-12(6-16)5-15(2)11(18)19-12/h7H,3-6H2,1-2H3,(H,13,14). The number of carbonyl (C=O) groups excluding carboxylic acids is 2. The molecule has 2 fully saturated rings. The van der Waals surface area contributed by atoms with Gasteiger partial charge in [0.2, 0.25) is 0 Å². The first-order valence-corrected chi connectivity index (χ1v) is 6.24. The molecular weight excluding hydrogens is 248 g/mol. The fraction of sp³-hybridized carbons (Fsp3) is 0.583. The molecule has 0 saturated carbocycles. The van der Waals surface area contributed by atoms with E-state index in [9.17, 15) is 9.59 Å². The minimum absolute atomic E-state index is 0.110. The highest BCUT2D eigenvalue weighted by Gasteiger charge is 2.49. The lowest BCUT2D eigenvalue weighted by atomic mass is 10.0. The molecular formula is C12H16N4O3. The van der Waals surface area contributed by atoms with E-state index in [-0.39, 0.29) is 12.0 Å². The van der Waals surface area contributed by atoms with Crippen molar-refractivity contribution in [3.05, 3.63) is 17.7 Å². The number of H-pyrrole nitrogens is 1. The van der Waals surface area contributed by atoms with Crippen LogP contribution in [-0.4, -0.2) is 64.1 Å². The Morgan fingerprint density at radius 2 is 2.32 bits per heavy atom. The predicted octanol–water partition coefficient (Wildman–Crippen LogP) is 0.385. The smallest absolute Gasteiger partial charge is 0.410 e. The van der Waals surface area contributed by atoms with Gasteiger partial charge in [-0.15, -0.1) is 0 Å². The minimum atomic E-state index is -0.536. The molecule has 0 aliphatic carbocycles. The van der Waals surface area contributed by atoms with E-state index in [0.29, 0.717) is 31.7 Å². The summed E-state index contributed by atoms with van der Waals surface area (Å²) >= 11 is 0. The third kappa shape index (κ3) is 1.85. The van der Waals surface area contributed by atoms with Crippen LogP contribution in [0.5, 0.6) is 0 Å². The van der Waals surface area contributed by atoms with Crippen LogP contribution in [0.4, 0.5) is 4.79 Å². The Morgan fingerprint density at radius 1 is 1.53 bits per heavy atom. The van der Waals surface area contributed by atoms with E-state index in [2.05, 4.69) is 9.97 Å². The first kappa shape index (κ1) is 12.0. The van der Waals surface area contributed by atoms with Gasteiger partial charge >= 0.3 is 6.09 Å². The molecule has 1 spiro atoms. The maximum Gasteiger partial charge on any atom is 0.410 e. The first-order chi connectivity index (χ1) is 9.01. The molecule has 19 heavy (non-hydrogen) atoms. The predicted molar refractivity (Wildman–Crippen MR) is 65.7 cm³/mol. The Hall–Kier alpha value is -2.05. The van der Waals surface area contributed by atoms with Gasteiger partial charge in [0.15, 0.2) is 5.60 Å². The Balaban J connectivity index is 1.75. The monoisotopic (exact) mass is 264 g/mol. The average molecular weight is 264 g/mol. The van der Waals surface area contributed by atoms with Crippen molar-refractivity contribution in [1.82, 2.24) is 19.8 Å². The molecule has 2 amide bonds. The maximum atomic E-state index is 12.3. The number of aryl methyl sites for hydroxylation is 1. The number of likely N-dealkylation sites (N-methyl/N-ethyl adjacent to an activating group) is 1. The van der Waals surface area contributed by atoms with Gasteiger partial charge in [0, 0.05) is 25.7 Å². The number of nitrogens with one attached hydrogen (secondary N) is 1. The van der Waals surface area contributed by atoms with Crippen LogP contribution >= 0.6 is 0 Å². The van der Waals surface area contributed by atoms with Crippen molar-refractivity contribution < 1.29 is 14.3 Å². The summed E-state index contributed by atoms with van der Waals surface area (Å²) in [7, 11) is 1.71. The van der Waals surface area contributed by atoms with E-state index in [1.165, 1.54) is 6.33 Å². The third-order valence-corrected chi connectivity index (χ3v) is 3.78. The molecule has 1 aromatic heterocycles. The zero-order valence-corrected chi connectivity index (χ0v) is 11.0. The zero-order valence-electron chi connectivity index (χ0n) is 11.0. The number of imidazole rings is 1. The second-order valence-electron chi connectivity index (χ2n) is 5.26. The quantitative estimate of drug-likeness (QED) is 0.795. The number of aromatic amines is 1. The molecule has 1 N–H and O–H groups in total. The van der Waals surface area contributed by atoms with E-state index in [1.807, 2.05) is 6.92 Å². The Bertz CT molecular complexity index is 541. The van der Waals surface area contributed by atoms with Gasteiger partial charge in [-0.1, -0.05) is 0 Å². The number of ether oxygens (including phenoxy) is 1. The first-order valence-electron chi connectivity index (χ1n) is 6.24. The molecule has 7 nitrogen and oxygen atoms in total. The van der Waals surface area contributed by atoms with Crippen LogP contribution in [0.15, 0.2) is 6.33 Å². The largest absolute Gasteiger partial charge is 0.439 e. The molecule has 1 unspecified atom stereocenters. The van der Waals surface area contributed by atoms with Crippen LogP contribution in [0.3, 0.4) is 0 Å². The molecule has 102 valence electrons. The Morgan fingerprint density at radius 3 is 2.89 bits per heavy atom. The number of hydrogen-bond acceptors (Lipinski definition) is 4. The fourth-order valence-electron chi connectivity index (χ4n) is 2.75. The van der Waals surface area contributed by atoms with Crippen molar-refractivity contribution in [3.63, 3.8) is 0 Å². The van der Waals surface area contributed by atoms with Crippen LogP contribution in [0.1, 0.15) is 22.6 Å². The maximum absolute atomic E-state index is 12.3. The highest BCUT2D eigenvalue weighted by Crippen LogP contribution is 2.32. The second-order valence-corrected chi connectivity index (χ2v) is 5.26. The third-order valence-electron chi connectivity index (χ3n) is 3.78. The van der Waals surface area contributed by atoms with Gasteiger partial charge in [-0.2, -0.15) is 0 Å². The highest BCUT2D eigenvalue weighted by molar-refractivity contribution is 5.93. The summed E-state index contributed by atoms with van der Waals surface area (Å²) in [4.78, 5) is 34.0. The summed E-state index contributed by atoms with van der Waals surface area (Å²) in [5.74, 6) is -0.110. The molecule has 1 atom stereocenters. The van der Waals surface area contributed by atoms with E-state index >= 15 is 0 Å². The van der Waals surface area contributed by atoms with Crippen molar-refractivity contribution in [2.75, 3.05) is 26.7 Å². The summed E-state index contributed by atoms with van der Waals surface area (Å²) in [6.45, 7) is 3.38. The summed E-state index contributed by atoms with van der Waals surface area (Å²) in [6.07, 6.45) is 1.88. The molecule has 2 saturated heterocycles.